The number of aryl methyl sites for hydroxylation is 1. The molecular weight excluding hydrogens is 326 g/mol. The summed E-state index contributed by atoms with van der Waals surface area (Å²) in [4.78, 5) is 4.46. The summed E-state index contributed by atoms with van der Waals surface area (Å²) in [7, 11) is 0. The standard InChI is InChI=1S/C21H29N3O2/c1-3-22-21(23-13-14-26-16-18-7-5-4-6-8-18)24-15-20(25)19-11-9-17(2)10-12-19/h4-12,20,25H,3,13-16H2,1-2H3,(H2,22,23,24). The highest BCUT2D eigenvalue weighted by molar-refractivity contribution is 5.79. The summed E-state index contributed by atoms with van der Waals surface area (Å²) in [5.74, 6) is 0.682. The first-order chi connectivity index (χ1) is 12.7. The minimum absolute atomic E-state index is 0.309. The molecule has 5 heteroatoms. The van der Waals surface area contributed by atoms with E-state index in [1.807, 2.05) is 68.4 Å². The molecular formula is C21H29N3O2. The van der Waals surface area contributed by atoms with Crippen LogP contribution in [0.1, 0.15) is 29.7 Å². The van der Waals surface area contributed by atoms with Crippen molar-refractivity contribution in [2.45, 2.75) is 26.6 Å². The van der Waals surface area contributed by atoms with Gasteiger partial charge in [-0.25, -0.2) is 0 Å². The van der Waals surface area contributed by atoms with E-state index in [0.29, 0.717) is 32.3 Å². The maximum Gasteiger partial charge on any atom is 0.191 e. The van der Waals surface area contributed by atoms with Crippen LogP contribution in [0.3, 0.4) is 0 Å². The fourth-order valence-corrected chi connectivity index (χ4v) is 2.42. The maximum atomic E-state index is 10.3. The van der Waals surface area contributed by atoms with Gasteiger partial charge in [0.1, 0.15) is 0 Å². The van der Waals surface area contributed by atoms with E-state index < -0.39 is 6.10 Å². The van der Waals surface area contributed by atoms with Crippen molar-refractivity contribution in [3.63, 3.8) is 0 Å². The number of hydrogen-bond acceptors (Lipinski definition) is 3. The third-order valence-corrected chi connectivity index (χ3v) is 3.88. The molecule has 0 bridgehead atoms. The summed E-state index contributed by atoms with van der Waals surface area (Å²) >= 11 is 0. The van der Waals surface area contributed by atoms with Gasteiger partial charge in [-0.3, -0.25) is 4.99 Å². The molecule has 3 N–H and O–H groups in total. The zero-order chi connectivity index (χ0) is 18.6. The van der Waals surface area contributed by atoms with Crippen LogP contribution in [0.25, 0.3) is 0 Å². The van der Waals surface area contributed by atoms with Crippen LogP contribution < -0.4 is 10.6 Å². The smallest absolute Gasteiger partial charge is 0.191 e. The molecule has 5 nitrogen and oxygen atoms in total. The Hall–Kier alpha value is -2.37. The van der Waals surface area contributed by atoms with Gasteiger partial charge in [0.2, 0.25) is 0 Å². The summed E-state index contributed by atoms with van der Waals surface area (Å²) in [5.41, 5.74) is 3.21. The highest BCUT2D eigenvalue weighted by Gasteiger charge is 2.07. The molecule has 0 spiro atoms. The fraction of sp³-hybridized carbons (Fsp3) is 0.381. The Bertz CT molecular complexity index is 657. The largest absolute Gasteiger partial charge is 0.386 e. The summed E-state index contributed by atoms with van der Waals surface area (Å²) < 4.78 is 5.66. The van der Waals surface area contributed by atoms with Gasteiger partial charge in [0.05, 0.1) is 25.9 Å². The lowest BCUT2D eigenvalue weighted by Gasteiger charge is -2.13. The van der Waals surface area contributed by atoms with Crippen LogP contribution >= 0.6 is 0 Å². The summed E-state index contributed by atoms with van der Waals surface area (Å²) in [6.07, 6.45) is -0.611. The van der Waals surface area contributed by atoms with E-state index in [4.69, 9.17) is 4.74 Å². The Morgan fingerprint density at radius 2 is 1.81 bits per heavy atom. The summed E-state index contributed by atoms with van der Waals surface area (Å²) in [6.45, 7) is 6.95. The van der Waals surface area contributed by atoms with E-state index in [9.17, 15) is 5.11 Å². The van der Waals surface area contributed by atoms with Crippen molar-refractivity contribution >= 4 is 5.96 Å². The van der Waals surface area contributed by atoms with Crippen LogP contribution in [0.2, 0.25) is 0 Å². The van der Waals surface area contributed by atoms with Gasteiger partial charge in [0.15, 0.2) is 5.96 Å². The van der Waals surface area contributed by atoms with E-state index in [0.717, 1.165) is 17.7 Å². The second kappa shape index (κ2) is 11.3. The molecule has 26 heavy (non-hydrogen) atoms. The van der Waals surface area contributed by atoms with Crippen molar-refractivity contribution in [3.8, 4) is 0 Å². The molecule has 0 saturated carbocycles. The third kappa shape index (κ3) is 7.25. The number of nitrogens with zero attached hydrogens (tertiary/aromatic N) is 1. The van der Waals surface area contributed by atoms with Crippen molar-refractivity contribution < 1.29 is 9.84 Å². The van der Waals surface area contributed by atoms with Crippen molar-refractivity contribution in [1.82, 2.24) is 10.6 Å². The monoisotopic (exact) mass is 355 g/mol. The molecule has 140 valence electrons. The van der Waals surface area contributed by atoms with Crippen molar-refractivity contribution in [2.24, 2.45) is 4.99 Å². The Morgan fingerprint density at radius 3 is 2.50 bits per heavy atom. The van der Waals surface area contributed by atoms with Gasteiger partial charge in [0, 0.05) is 13.1 Å². The molecule has 0 amide bonds. The molecule has 2 aromatic rings. The number of aliphatic imine (C=N–C) groups is 1. The van der Waals surface area contributed by atoms with Crippen LogP contribution in [-0.2, 0) is 11.3 Å². The molecule has 0 radical (unpaired) electrons. The molecule has 0 aliphatic heterocycles. The zero-order valence-electron chi connectivity index (χ0n) is 15.6. The van der Waals surface area contributed by atoms with Gasteiger partial charge in [-0.15, -0.1) is 0 Å². The molecule has 1 unspecified atom stereocenters. The van der Waals surface area contributed by atoms with E-state index >= 15 is 0 Å². The molecule has 0 fully saturated rings. The predicted molar refractivity (Wildman–Crippen MR) is 106 cm³/mol. The number of guanidine groups is 1. The van der Waals surface area contributed by atoms with Crippen LogP contribution in [0.5, 0.6) is 0 Å². The first kappa shape index (κ1) is 19.9. The third-order valence-electron chi connectivity index (χ3n) is 3.88. The van der Waals surface area contributed by atoms with Crippen molar-refractivity contribution in [1.29, 1.82) is 0 Å². The Balaban J connectivity index is 1.74. The average Bonchev–Trinajstić information content (AvgIpc) is 2.67. The van der Waals surface area contributed by atoms with E-state index in [2.05, 4.69) is 15.6 Å². The minimum Gasteiger partial charge on any atom is -0.386 e. The summed E-state index contributed by atoms with van der Waals surface area (Å²) in [6, 6.07) is 18.0. The predicted octanol–water partition coefficient (Wildman–Crippen LogP) is 2.80. The molecule has 1 atom stereocenters. The molecule has 0 aromatic heterocycles. The normalized spacial score (nSPS) is 12.7. The molecule has 0 saturated heterocycles. The van der Waals surface area contributed by atoms with Crippen molar-refractivity contribution in [2.75, 3.05) is 26.2 Å². The van der Waals surface area contributed by atoms with Crippen molar-refractivity contribution in [3.05, 3.63) is 71.3 Å². The Kier molecular flexibility index (Phi) is 8.66. The number of hydrogen-bond donors (Lipinski definition) is 3. The van der Waals surface area contributed by atoms with Crippen LogP contribution in [0, 0.1) is 6.92 Å². The molecule has 2 aromatic carbocycles. The lowest BCUT2D eigenvalue weighted by Crippen LogP contribution is -2.39. The van der Waals surface area contributed by atoms with Gasteiger partial charge >= 0.3 is 0 Å². The Labute approximate surface area is 156 Å². The molecule has 2 rings (SSSR count). The first-order valence-corrected chi connectivity index (χ1v) is 9.07. The number of benzene rings is 2. The lowest BCUT2D eigenvalue weighted by atomic mass is 10.1. The van der Waals surface area contributed by atoms with Gasteiger partial charge in [-0.2, -0.15) is 0 Å². The van der Waals surface area contributed by atoms with E-state index in [-0.39, 0.29) is 0 Å². The van der Waals surface area contributed by atoms with E-state index in [1.54, 1.807) is 0 Å². The number of aliphatic hydroxyl groups excluding tert-OH is 1. The van der Waals surface area contributed by atoms with E-state index in [1.165, 1.54) is 5.56 Å². The second-order valence-electron chi connectivity index (χ2n) is 6.11. The van der Waals surface area contributed by atoms with Gasteiger partial charge in [-0.05, 0) is 25.0 Å². The average molecular weight is 355 g/mol. The molecule has 0 aliphatic rings. The quantitative estimate of drug-likeness (QED) is 0.368. The van der Waals surface area contributed by atoms with Gasteiger partial charge in [-0.1, -0.05) is 60.2 Å². The van der Waals surface area contributed by atoms with Crippen LogP contribution in [0.4, 0.5) is 0 Å². The maximum absolute atomic E-state index is 10.3. The topological polar surface area (TPSA) is 65.9 Å². The second-order valence-corrected chi connectivity index (χ2v) is 6.11. The van der Waals surface area contributed by atoms with Gasteiger partial charge < -0.3 is 20.5 Å². The highest BCUT2D eigenvalue weighted by Crippen LogP contribution is 2.13. The van der Waals surface area contributed by atoms with Crippen LogP contribution in [-0.4, -0.2) is 37.3 Å². The fourth-order valence-electron chi connectivity index (χ4n) is 2.42. The van der Waals surface area contributed by atoms with Gasteiger partial charge in [0.25, 0.3) is 0 Å². The molecule has 0 aliphatic carbocycles. The SMILES string of the molecule is CCNC(=NCC(O)c1ccc(C)cc1)NCCOCc1ccccc1. The number of rotatable bonds is 9. The minimum atomic E-state index is -0.611. The number of ether oxygens (including phenoxy) is 1. The van der Waals surface area contributed by atoms with Crippen LogP contribution in [0.15, 0.2) is 59.6 Å². The molecule has 0 heterocycles. The lowest BCUT2D eigenvalue weighted by molar-refractivity contribution is 0.125. The first-order valence-electron chi connectivity index (χ1n) is 9.07. The Morgan fingerprint density at radius 1 is 1.08 bits per heavy atom. The zero-order valence-corrected chi connectivity index (χ0v) is 15.6. The highest BCUT2D eigenvalue weighted by atomic mass is 16.5. The number of nitrogens with one attached hydrogen (secondary N) is 2. The number of aliphatic hydroxyl groups is 1. The summed E-state index contributed by atoms with van der Waals surface area (Å²) in [5, 5.41) is 16.7.